The van der Waals surface area contributed by atoms with Gasteiger partial charge in [0.2, 0.25) is 0 Å². The lowest BCUT2D eigenvalue weighted by Gasteiger charge is -2.32. The maximum atomic E-state index is 12.2. The standard InChI is InChI=1S/C21H34N4O2/c1-27-14-13-25-10-7-19(17-25)15-22-21(26)23-20-8-11-24(12-9-20)16-18-5-3-2-4-6-18/h2-6,19-20H,7-17H2,1H3,(H2,22,23,26). The maximum absolute atomic E-state index is 12.2. The summed E-state index contributed by atoms with van der Waals surface area (Å²) in [4.78, 5) is 17.1. The van der Waals surface area contributed by atoms with E-state index in [1.54, 1.807) is 7.11 Å². The predicted octanol–water partition coefficient (Wildman–Crippen LogP) is 1.92. The molecule has 2 heterocycles. The third-order valence-corrected chi connectivity index (χ3v) is 5.70. The van der Waals surface area contributed by atoms with Crippen LogP contribution in [0, 0.1) is 5.92 Å². The minimum atomic E-state index is -0.00755. The summed E-state index contributed by atoms with van der Waals surface area (Å²) in [5.74, 6) is 0.556. The number of piperidine rings is 1. The molecule has 1 aromatic rings. The lowest BCUT2D eigenvalue weighted by molar-refractivity contribution is 0.158. The molecule has 0 bridgehead atoms. The molecule has 1 unspecified atom stereocenters. The molecule has 0 aromatic heterocycles. The molecular formula is C21H34N4O2. The van der Waals surface area contributed by atoms with Crippen molar-refractivity contribution in [1.82, 2.24) is 20.4 Å². The molecule has 0 spiro atoms. The highest BCUT2D eigenvalue weighted by molar-refractivity contribution is 5.74. The van der Waals surface area contributed by atoms with Crippen LogP contribution in [0.2, 0.25) is 0 Å². The lowest BCUT2D eigenvalue weighted by Crippen LogP contribution is -2.48. The molecule has 2 aliphatic heterocycles. The number of nitrogens with one attached hydrogen (secondary N) is 2. The second kappa shape index (κ2) is 10.6. The molecule has 0 radical (unpaired) electrons. The first-order chi connectivity index (χ1) is 13.2. The van der Waals surface area contributed by atoms with Crippen LogP contribution in [0.1, 0.15) is 24.8 Å². The van der Waals surface area contributed by atoms with Gasteiger partial charge in [-0.1, -0.05) is 30.3 Å². The smallest absolute Gasteiger partial charge is 0.315 e. The van der Waals surface area contributed by atoms with Gasteiger partial charge < -0.3 is 20.3 Å². The molecule has 27 heavy (non-hydrogen) atoms. The van der Waals surface area contributed by atoms with Crippen molar-refractivity contribution in [2.75, 3.05) is 53.0 Å². The molecule has 6 heteroatoms. The van der Waals surface area contributed by atoms with Crippen LogP contribution in [0.3, 0.4) is 0 Å². The predicted molar refractivity (Wildman–Crippen MR) is 108 cm³/mol. The summed E-state index contributed by atoms with van der Waals surface area (Å²) in [6, 6.07) is 10.9. The summed E-state index contributed by atoms with van der Waals surface area (Å²) in [6.07, 6.45) is 3.20. The van der Waals surface area contributed by atoms with Crippen LogP contribution in [-0.4, -0.2) is 74.9 Å². The molecule has 2 N–H and O–H groups in total. The molecule has 1 aromatic carbocycles. The van der Waals surface area contributed by atoms with E-state index in [1.165, 1.54) is 5.56 Å². The molecule has 0 aliphatic carbocycles. The summed E-state index contributed by atoms with van der Waals surface area (Å²) < 4.78 is 5.14. The van der Waals surface area contributed by atoms with Crippen molar-refractivity contribution in [2.45, 2.75) is 31.8 Å². The molecule has 2 fully saturated rings. The highest BCUT2D eigenvalue weighted by Crippen LogP contribution is 2.15. The molecule has 2 aliphatic rings. The Labute approximate surface area is 163 Å². The fourth-order valence-electron chi connectivity index (χ4n) is 4.05. The Bertz CT molecular complexity index is 561. The van der Waals surface area contributed by atoms with Gasteiger partial charge in [0.25, 0.3) is 0 Å². The molecule has 6 nitrogen and oxygen atoms in total. The number of urea groups is 1. The minimum Gasteiger partial charge on any atom is -0.383 e. The zero-order valence-electron chi connectivity index (χ0n) is 16.5. The van der Waals surface area contributed by atoms with Crippen molar-refractivity contribution in [3.05, 3.63) is 35.9 Å². The first kappa shape index (κ1) is 20.1. The van der Waals surface area contributed by atoms with Crippen LogP contribution in [0.15, 0.2) is 30.3 Å². The van der Waals surface area contributed by atoms with E-state index >= 15 is 0 Å². The van der Waals surface area contributed by atoms with Gasteiger partial charge in [0.05, 0.1) is 6.61 Å². The number of nitrogens with zero attached hydrogens (tertiary/aromatic N) is 2. The Morgan fingerprint density at radius 2 is 1.85 bits per heavy atom. The van der Waals surface area contributed by atoms with Crippen molar-refractivity contribution < 1.29 is 9.53 Å². The van der Waals surface area contributed by atoms with Gasteiger partial charge in [-0.2, -0.15) is 0 Å². The summed E-state index contributed by atoms with van der Waals surface area (Å²) in [5.41, 5.74) is 1.36. The summed E-state index contributed by atoms with van der Waals surface area (Å²) in [7, 11) is 1.74. The summed E-state index contributed by atoms with van der Waals surface area (Å²) in [6.45, 7) is 7.78. The normalized spacial score (nSPS) is 22.0. The van der Waals surface area contributed by atoms with Gasteiger partial charge in [0.15, 0.2) is 0 Å². The van der Waals surface area contributed by atoms with E-state index in [4.69, 9.17) is 4.74 Å². The number of methoxy groups -OCH3 is 1. The van der Waals surface area contributed by atoms with Crippen molar-refractivity contribution >= 4 is 6.03 Å². The van der Waals surface area contributed by atoms with Gasteiger partial charge >= 0.3 is 6.03 Å². The van der Waals surface area contributed by atoms with Crippen molar-refractivity contribution in [3.8, 4) is 0 Å². The monoisotopic (exact) mass is 374 g/mol. The largest absolute Gasteiger partial charge is 0.383 e. The van der Waals surface area contributed by atoms with Gasteiger partial charge in [-0.05, 0) is 37.3 Å². The number of amides is 2. The summed E-state index contributed by atoms with van der Waals surface area (Å²) >= 11 is 0. The van der Waals surface area contributed by atoms with Crippen LogP contribution in [0.5, 0.6) is 0 Å². The van der Waals surface area contributed by atoms with Crippen LogP contribution in [0.4, 0.5) is 4.79 Å². The van der Waals surface area contributed by atoms with Gasteiger partial charge in [-0.25, -0.2) is 4.79 Å². The lowest BCUT2D eigenvalue weighted by atomic mass is 10.0. The molecule has 2 amide bonds. The Morgan fingerprint density at radius 3 is 2.59 bits per heavy atom. The summed E-state index contributed by atoms with van der Waals surface area (Å²) in [5, 5.41) is 6.24. The number of hydrogen-bond donors (Lipinski definition) is 2. The molecule has 0 saturated carbocycles. The number of carbonyl (C=O) groups is 1. The SMILES string of the molecule is COCCN1CCC(CNC(=O)NC2CCN(Cc3ccccc3)CC2)C1. The fourth-order valence-corrected chi connectivity index (χ4v) is 4.05. The molecular weight excluding hydrogens is 340 g/mol. The highest BCUT2D eigenvalue weighted by Gasteiger charge is 2.24. The first-order valence-electron chi connectivity index (χ1n) is 10.2. The Balaban J connectivity index is 1.28. The molecule has 150 valence electrons. The van der Waals surface area contributed by atoms with E-state index in [1.807, 2.05) is 0 Å². The third-order valence-electron chi connectivity index (χ3n) is 5.70. The zero-order chi connectivity index (χ0) is 18.9. The van der Waals surface area contributed by atoms with E-state index in [0.717, 1.165) is 71.7 Å². The van der Waals surface area contributed by atoms with Crippen molar-refractivity contribution in [2.24, 2.45) is 5.92 Å². The first-order valence-corrected chi connectivity index (χ1v) is 10.2. The number of hydrogen-bond acceptors (Lipinski definition) is 4. The quantitative estimate of drug-likeness (QED) is 0.730. The van der Waals surface area contributed by atoms with Gasteiger partial charge in [0.1, 0.15) is 0 Å². The van der Waals surface area contributed by atoms with Crippen LogP contribution in [-0.2, 0) is 11.3 Å². The third kappa shape index (κ3) is 6.79. The van der Waals surface area contributed by atoms with Crippen LogP contribution in [0.25, 0.3) is 0 Å². The van der Waals surface area contributed by atoms with E-state index in [-0.39, 0.29) is 6.03 Å². The van der Waals surface area contributed by atoms with Gasteiger partial charge in [0, 0.05) is 52.4 Å². The average molecular weight is 375 g/mol. The number of likely N-dealkylation sites (tertiary alicyclic amines) is 2. The van der Waals surface area contributed by atoms with E-state index in [9.17, 15) is 4.79 Å². The van der Waals surface area contributed by atoms with Gasteiger partial charge in [-0.3, -0.25) is 4.90 Å². The topological polar surface area (TPSA) is 56.8 Å². The Morgan fingerprint density at radius 1 is 1.11 bits per heavy atom. The number of rotatable bonds is 8. The zero-order valence-corrected chi connectivity index (χ0v) is 16.5. The van der Waals surface area contributed by atoms with Crippen LogP contribution >= 0.6 is 0 Å². The Kier molecular flexibility index (Phi) is 7.93. The van der Waals surface area contributed by atoms with E-state index in [2.05, 4.69) is 50.8 Å². The minimum absolute atomic E-state index is 0.00755. The number of ether oxygens (including phenoxy) is 1. The molecule has 3 rings (SSSR count). The van der Waals surface area contributed by atoms with Crippen LogP contribution < -0.4 is 10.6 Å². The van der Waals surface area contributed by atoms with E-state index in [0.29, 0.717) is 12.0 Å². The maximum Gasteiger partial charge on any atom is 0.315 e. The fraction of sp³-hybridized carbons (Fsp3) is 0.667. The average Bonchev–Trinajstić information content (AvgIpc) is 3.15. The Hall–Kier alpha value is -1.63. The van der Waals surface area contributed by atoms with Gasteiger partial charge in [-0.15, -0.1) is 0 Å². The van der Waals surface area contributed by atoms with Crippen molar-refractivity contribution in [3.63, 3.8) is 0 Å². The molecule has 2 saturated heterocycles. The van der Waals surface area contributed by atoms with Crippen molar-refractivity contribution in [1.29, 1.82) is 0 Å². The number of carbonyl (C=O) groups excluding carboxylic acids is 1. The highest BCUT2D eigenvalue weighted by atomic mass is 16.5. The second-order valence-corrected chi connectivity index (χ2v) is 7.84. The second-order valence-electron chi connectivity index (χ2n) is 7.84. The number of benzene rings is 1. The molecule has 1 atom stereocenters. The van der Waals surface area contributed by atoms with E-state index < -0.39 is 0 Å².